The zero-order valence-electron chi connectivity index (χ0n) is 12.5. The standard InChI is InChI=1S/C17H23NO2/c1-13(2)9-10-18-17(20)16-12-15(6-4-5-11-19)8-7-14(16)3/h7-8,12-13,19H,5,9-11H2,1-3H3,(H,18,20). The van der Waals surface area contributed by atoms with Crippen molar-refractivity contribution in [3.05, 3.63) is 34.9 Å². The van der Waals surface area contributed by atoms with Gasteiger partial charge in [0.05, 0.1) is 6.61 Å². The number of hydrogen-bond acceptors (Lipinski definition) is 2. The zero-order valence-corrected chi connectivity index (χ0v) is 12.5. The second-order valence-electron chi connectivity index (χ2n) is 5.24. The fraction of sp³-hybridized carbons (Fsp3) is 0.471. The normalized spacial score (nSPS) is 10.1. The maximum absolute atomic E-state index is 12.1. The fourth-order valence-electron chi connectivity index (χ4n) is 1.73. The second-order valence-corrected chi connectivity index (χ2v) is 5.24. The van der Waals surface area contributed by atoms with E-state index >= 15 is 0 Å². The van der Waals surface area contributed by atoms with E-state index in [1.54, 1.807) is 0 Å². The topological polar surface area (TPSA) is 49.3 Å². The lowest BCUT2D eigenvalue weighted by Gasteiger charge is -2.09. The molecule has 1 aromatic rings. The lowest BCUT2D eigenvalue weighted by molar-refractivity contribution is 0.0951. The van der Waals surface area contributed by atoms with Crippen LogP contribution in [0.1, 0.15) is 48.2 Å². The molecule has 3 heteroatoms. The monoisotopic (exact) mass is 273 g/mol. The lowest BCUT2D eigenvalue weighted by atomic mass is 10.0. The van der Waals surface area contributed by atoms with Crippen molar-refractivity contribution in [3.63, 3.8) is 0 Å². The van der Waals surface area contributed by atoms with Gasteiger partial charge in [-0.2, -0.15) is 0 Å². The van der Waals surface area contributed by atoms with Crippen LogP contribution in [0.5, 0.6) is 0 Å². The van der Waals surface area contributed by atoms with Crippen molar-refractivity contribution in [2.45, 2.75) is 33.6 Å². The Hall–Kier alpha value is -1.79. The molecule has 0 aromatic heterocycles. The average molecular weight is 273 g/mol. The van der Waals surface area contributed by atoms with Crippen LogP contribution < -0.4 is 5.32 Å². The van der Waals surface area contributed by atoms with Crippen LogP contribution in [0.15, 0.2) is 18.2 Å². The smallest absolute Gasteiger partial charge is 0.251 e. The molecule has 0 aliphatic carbocycles. The summed E-state index contributed by atoms with van der Waals surface area (Å²) in [6.45, 7) is 6.93. The van der Waals surface area contributed by atoms with E-state index in [9.17, 15) is 4.79 Å². The van der Waals surface area contributed by atoms with E-state index in [4.69, 9.17) is 5.11 Å². The van der Waals surface area contributed by atoms with Gasteiger partial charge in [-0.3, -0.25) is 4.79 Å². The van der Waals surface area contributed by atoms with Gasteiger partial charge in [0.15, 0.2) is 0 Å². The van der Waals surface area contributed by atoms with E-state index in [0.29, 0.717) is 24.4 Å². The summed E-state index contributed by atoms with van der Waals surface area (Å²) in [5.74, 6) is 6.34. The molecule has 0 heterocycles. The predicted octanol–water partition coefficient (Wildman–Crippen LogP) is 2.50. The molecule has 0 aliphatic rings. The Bertz CT molecular complexity index is 509. The van der Waals surface area contributed by atoms with Gasteiger partial charge in [-0.1, -0.05) is 31.8 Å². The van der Waals surface area contributed by atoms with Crippen LogP contribution in [0.2, 0.25) is 0 Å². The van der Waals surface area contributed by atoms with Gasteiger partial charge in [0.2, 0.25) is 0 Å². The molecule has 2 N–H and O–H groups in total. The van der Waals surface area contributed by atoms with E-state index in [1.807, 2.05) is 25.1 Å². The number of amides is 1. The molecule has 1 aromatic carbocycles. The number of carbonyl (C=O) groups excluding carboxylic acids is 1. The Morgan fingerprint density at radius 2 is 2.15 bits per heavy atom. The van der Waals surface area contributed by atoms with Crippen molar-refractivity contribution in [3.8, 4) is 11.8 Å². The fourth-order valence-corrected chi connectivity index (χ4v) is 1.73. The number of benzene rings is 1. The molecule has 1 amide bonds. The van der Waals surface area contributed by atoms with Crippen LogP contribution in [0.4, 0.5) is 0 Å². The van der Waals surface area contributed by atoms with Crippen molar-refractivity contribution in [1.29, 1.82) is 0 Å². The molecule has 0 saturated carbocycles. The zero-order chi connectivity index (χ0) is 15.0. The molecule has 20 heavy (non-hydrogen) atoms. The number of aliphatic hydroxyl groups excluding tert-OH is 1. The maximum atomic E-state index is 12.1. The van der Waals surface area contributed by atoms with E-state index in [1.165, 1.54) is 0 Å². The number of rotatable bonds is 5. The summed E-state index contributed by atoms with van der Waals surface area (Å²) >= 11 is 0. The Labute approximate surface area is 121 Å². The third-order valence-corrected chi connectivity index (χ3v) is 2.96. The Morgan fingerprint density at radius 1 is 1.40 bits per heavy atom. The summed E-state index contributed by atoms with van der Waals surface area (Å²) in [6, 6.07) is 5.61. The quantitative estimate of drug-likeness (QED) is 0.810. The van der Waals surface area contributed by atoms with Gasteiger partial charge in [-0.25, -0.2) is 0 Å². The van der Waals surface area contributed by atoms with E-state index in [0.717, 1.165) is 17.5 Å². The minimum Gasteiger partial charge on any atom is -0.395 e. The van der Waals surface area contributed by atoms with Gasteiger partial charge in [0, 0.05) is 24.1 Å². The van der Waals surface area contributed by atoms with E-state index in [-0.39, 0.29) is 12.5 Å². The summed E-state index contributed by atoms with van der Waals surface area (Å²) in [4.78, 5) is 12.1. The highest BCUT2D eigenvalue weighted by Crippen LogP contribution is 2.11. The summed E-state index contributed by atoms with van der Waals surface area (Å²) < 4.78 is 0. The predicted molar refractivity (Wildman–Crippen MR) is 81.5 cm³/mol. The number of carbonyl (C=O) groups is 1. The minimum absolute atomic E-state index is 0.0473. The van der Waals surface area contributed by atoms with Crippen molar-refractivity contribution >= 4 is 5.91 Å². The van der Waals surface area contributed by atoms with E-state index in [2.05, 4.69) is 31.0 Å². The molecule has 0 atom stereocenters. The number of nitrogens with one attached hydrogen (secondary N) is 1. The van der Waals surface area contributed by atoms with Crippen LogP contribution in [-0.2, 0) is 0 Å². The summed E-state index contributed by atoms with van der Waals surface area (Å²) in [5.41, 5.74) is 2.42. The minimum atomic E-state index is -0.0473. The molecule has 1 rings (SSSR count). The van der Waals surface area contributed by atoms with Crippen LogP contribution in [0, 0.1) is 24.7 Å². The van der Waals surface area contributed by atoms with Crippen molar-refractivity contribution in [1.82, 2.24) is 5.32 Å². The summed E-state index contributed by atoms with van der Waals surface area (Å²) in [6.07, 6.45) is 1.42. The van der Waals surface area contributed by atoms with Crippen molar-refractivity contribution in [2.75, 3.05) is 13.2 Å². The Kier molecular flexibility index (Phi) is 6.83. The SMILES string of the molecule is Cc1ccc(C#CCCO)cc1C(=O)NCCC(C)C. The molecule has 108 valence electrons. The van der Waals surface area contributed by atoms with Crippen LogP contribution in [0.25, 0.3) is 0 Å². The molecular formula is C17H23NO2. The van der Waals surface area contributed by atoms with Gasteiger partial charge in [-0.05, 0) is 37.0 Å². The summed E-state index contributed by atoms with van der Waals surface area (Å²) in [7, 11) is 0. The molecule has 0 aliphatic heterocycles. The van der Waals surface area contributed by atoms with Crippen molar-refractivity contribution < 1.29 is 9.90 Å². The lowest BCUT2D eigenvalue weighted by Crippen LogP contribution is -2.26. The summed E-state index contributed by atoms with van der Waals surface area (Å²) in [5, 5.41) is 11.6. The second kappa shape index (κ2) is 8.39. The molecule has 0 saturated heterocycles. The first kappa shape index (κ1) is 16.3. The van der Waals surface area contributed by atoms with Gasteiger partial charge in [0.25, 0.3) is 5.91 Å². The third kappa shape index (κ3) is 5.46. The first-order valence-corrected chi connectivity index (χ1v) is 7.03. The number of hydrogen-bond donors (Lipinski definition) is 2. The maximum Gasteiger partial charge on any atom is 0.251 e. The molecule has 0 bridgehead atoms. The molecule has 0 unspecified atom stereocenters. The number of aryl methyl sites for hydroxylation is 1. The molecule has 0 fully saturated rings. The Balaban J connectivity index is 2.75. The largest absolute Gasteiger partial charge is 0.395 e. The highest BCUT2D eigenvalue weighted by atomic mass is 16.2. The molecule has 3 nitrogen and oxygen atoms in total. The highest BCUT2D eigenvalue weighted by Gasteiger charge is 2.09. The van der Waals surface area contributed by atoms with Crippen LogP contribution in [0.3, 0.4) is 0 Å². The number of aliphatic hydroxyl groups is 1. The molecular weight excluding hydrogens is 250 g/mol. The Morgan fingerprint density at radius 3 is 2.80 bits per heavy atom. The van der Waals surface area contributed by atoms with Crippen molar-refractivity contribution in [2.24, 2.45) is 5.92 Å². The van der Waals surface area contributed by atoms with Gasteiger partial charge < -0.3 is 10.4 Å². The molecule has 0 spiro atoms. The van der Waals surface area contributed by atoms with Gasteiger partial charge >= 0.3 is 0 Å². The third-order valence-electron chi connectivity index (χ3n) is 2.96. The first-order valence-electron chi connectivity index (χ1n) is 7.03. The molecule has 0 radical (unpaired) electrons. The average Bonchev–Trinajstić information content (AvgIpc) is 2.40. The van der Waals surface area contributed by atoms with Crippen LogP contribution in [-0.4, -0.2) is 24.2 Å². The first-order chi connectivity index (χ1) is 9.54. The highest BCUT2D eigenvalue weighted by molar-refractivity contribution is 5.96. The van der Waals surface area contributed by atoms with Crippen LogP contribution >= 0.6 is 0 Å². The van der Waals surface area contributed by atoms with Gasteiger partial charge in [-0.15, -0.1) is 0 Å². The van der Waals surface area contributed by atoms with Gasteiger partial charge in [0.1, 0.15) is 0 Å². The van der Waals surface area contributed by atoms with E-state index < -0.39 is 0 Å².